The summed E-state index contributed by atoms with van der Waals surface area (Å²) in [7, 11) is 0. The van der Waals surface area contributed by atoms with Crippen LogP contribution in [0.1, 0.15) is 44.9 Å². The van der Waals surface area contributed by atoms with E-state index >= 15 is 0 Å². The van der Waals surface area contributed by atoms with Gasteiger partial charge in [0.15, 0.2) is 5.78 Å². The Labute approximate surface area is 96.2 Å². The minimum atomic E-state index is -0.438. The molecule has 16 heavy (non-hydrogen) atoms. The van der Waals surface area contributed by atoms with Crippen molar-refractivity contribution in [2.24, 2.45) is 11.7 Å². The van der Waals surface area contributed by atoms with Crippen molar-refractivity contribution in [3.8, 4) is 0 Å². The number of hydrogen-bond donors (Lipinski definition) is 1. The van der Waals surface area contributed by atoms with Gasteiger partial charge in [-0.05, 0) is 25.7 Å². The summed E-state index contributed by atoms with van der Waals surface area (Å²) in [5, 5.41) is 0. The van der Waals surface area contributed by atoms with Gasteiger partial charge in [0.2, 0.25) is 0 Å². The van der Waals surface area contributed by atoms with Crippen LogP contribution in [0.3, 0.4) is 0 Å². The summed E-state index contributed by atoms with van der Waals surface area (Å²) in [5.74, 6) is 0.440. The molecule has 4 nitrogen and oxygen atoms in total. The third-order valence-corrected chi connectivity index (χ3v) is 3.87. The van der Waals surface area contributed by atoms with Gasteiger partial charge in [-0.25, -0.2) is 4.79 Å². The van der Waals surface area contributed by atoms with Crippen LogP contribution in [-0.4, -0.2) is 29.3 Å². The van der Waals surface area contributed by atoms with Gasteiger partial charge in [0.1, 0.15) is 0 Å². The Morgan fingerprint density at radius 2 is 1.69 bits per heavy atom. The van der Waals surface area contributed by atoms with Crippen LogP contribution in [0, 0.1) is 5.92 Å². The van der Waals surface area contributed by atoms with E-state index in [1.165, 1.54) is 6.42 Å². The second-order valence-corrected chi connectivity index (χ2v) is 4.93. The fraction of sp³-hybridized carbons (Fsp3) is 0.833. The molecule has 0 spiro atoms. The molecular formula is C12H20N2O2. The smallest absolute Gasteiger partial charge is 0.315 e. The number of likely N-dealkylation sites (tertiary alicyclic amines) is 1. The van der Waals surface area contributed by atoms with E-state index in [2.05, 4.69) is 0 Å². The molecule has 0 aromatic heterocycles. The number of carbonyl (C=O) groups is 2. The van der Waals surface area contributed by atoms with Crippen molar-refractivity contribution in [2.45, 2.75) is 51.0 Å². The molecule has 1 aliphatic heterocycles. The molecule has 90 valence electrons. The highest BCUT2D eigenvalue weighted by molar-refractivity contribution is 5.90. The lowest BCUT2D eigenvalue weighted by atomic mass is 9.83. The number of hydrogen-bond acceptors (Lipinski definition) is 2. The Hall–Kier alpha value is -1.06. The molecule has 4 heteroatoms. The fourth-order valence-electron chi connectivity index (χ4n) is 2.99. The predicted molar refractivity (Wildman–Crippen MR) is 60.9 cm³/mol. The van der Waals surface area contributed by atoms with E-state index in [1.54, 1.807) is 4.90 Å². The van der Waals surface area contributed by atoms with Gasteiger partial charge in [0, 0.05) is 12.5 Å². The maximum Gasteiger partial charge on any atom is 0.315 e. The second kappa shape index (κ2) is 4.85. The highest BCUT2D eigenvalue weighted by Crippen LogP contribution is 2.29. The number of urea groups is 1. The van der Waals surface area contributed by atoms with Crippen molar-refractivity contribution < 1.29 is 9.59 Å². The lowest BCUT2D eigenvalue weighted by molar-refractivity contribution is -0.127. The Balaban J connectivity index is 1.99. The van der Waals surface area contributed by atoms with Gasteiger partial charge in [0.25, 0.3) is 0 Å². The van der Waals surface area contributed by atoms with E-state index in [-0.39, 0.29) is 17.7 Å². The maximum absolute atomic E-state index is 12.3. The van der Waals surface area contributed by atoms with Crippen molar-refractivity contribution in [1.82, 2.24) is 4.90 Å². The van der Waals surface area contributed by atoms with Gasteiger partial charge in [-0.1, -0.05) is 19.3 Å². The third kappa shape index (κ3) is 2.20. The van der Waals surface area contributed by atoms with Crippen LogP contribution < -0.4 is 5.73 Å². The molecule has 0 aromatic carbocycles. The number of amides is 2. The standard InChI is InChI=1S/C12H20N2O2/c13-12(16)14-8-4-7-10(14)11(15)9-5-2-1-3-6-9/h9-10H,1-8H2,(H2,13,16). The summed E-state index contributed by atoms with van der Waals surface area (Å²) in [6.45, 7) is 0.651. The SMILES string of the molecule is NC(=O)N1CCCC1C(=O)C1CCCCC1. The van der Waals surface area contributed by atoms with Crippen LogP contribution in [0.2, 0.25) is 0 Å². The molecule has 1 aliphatic carbocycles. The topological polar surface area (TPSA) is 63.4 Å². The Bertz CT molecular complexity index is 285. The van der Waals surface area contributed by atoms with Crippen molar-refractivity contribution in [2.75, 3.05) is 6.54 Å². The number of Topliss-reactive ketones (excluding diaryl/α,β-unsaturated/α-hetero) is 1. The Kier molecular flexibility index (Phi) is 3.46. The van der Waals surface area contributed by atoms with E-state index < -0.39 is 6.03 Å². The number of primary amides is 1. The summed E-state index contributed by atoms with van der Waals surface area (Å²) in [4.78, 5) is 25.0. The van der Waals surface area contributed by atoms with Crippen LogP contribution in [0.4, 0.5) is 4.79 Å². The van der Waals surface area contributed by atoms with E-state index in [9.17, 15) is 9.59 Å². The molecule has 2 N–H and O–H groups in total. The summed E-state index contributed by atoms with van der Waals surface area (Å²) < 4.78 is 0. The van der Waals surface area contributed by atoms with Crippen molar-refractivity contribution in [1.29, 1.82) is 0 Å². The third-order valence-electron chi connectivity index (χ3n) is 3.87. The summed E-state index contributed by atoms with van der Waals surface area (Å²) in [5.41, 5.74) is 5.29. The minimum Gasteiger partial charge on any atom is -0.351 e. The van der Waals surface area contributed by atoms with Gasteiger partial charge >= 0.3 is 6.03 Å². The highest BCUT2D eigenvalue weighted by Gasteiger charge is 2.36. The summed E-state index contributed by atoms with van der Waals surface area (Å²) >= 11 is 0. The van der Waals surface area contributed by atoms with E-state index in [0.29, 0.717) is 6.54 Å². The highest BCUT2D eigenvalue weighted by atomic mass is 16.2. The van der Waals surface area contributed by atoms with E-state index in [0.717, 1.165) is 38.5 Å². The van der Waals surface area contributed by atoms with Crippen molar-refractivity contribution >= 4 is 11.8 Å². The molecule has 2 fully saturated rings. The average Bonchev–Trinajstić information content (AvgIpc) is 2.78. The summed E-state index contributed by atoms with van der Waals surface area (Å²) in [6, 6.07) is -0.660. The molecule has 2 rings (SSSR count). The second-order valence-electron chi connectivity index (χ2n) is 4.93. The molecule has 0 aromatic rings. The molecule has 2 aliphatic rings. The maximum atomic E-state index is 12.3. The monoisotopic (exact) mass is 224 g/mol. The first kappa shape index (κ1) is 11.4. The van der Waals surface area contributed by atoms with Crippen LogP contribution in [0.25, 0.3) is 0 Å². The largest absolute Gasteiger partial charge is 0.351 e. The normalized spacial score (nSPS) is 27.0. The van der Waals surface area contributed by atoms with E-state index in [4.69, 9.17) is 5.73 Å². The summed E-state index contributed by atoms with van der Waals surface area (Å²) in [6.07, 6.45) is 7.27. The van der Waals surface area contributed by atoms with Gasteiger partial charge in [-0.2, -0.15) is 0 Å². The average molecular weight is 224 g/mol. The molecular weight excluding hydrogens is 204 g/mol. The number of carbonyl (C=O) groups excluding carboxylic acids is 2. The lowest BCUT2D eigenvalue weighted by Crippen LogP contribution is -2.45. The zero-order valence-corrected chi connectivity index (χ0v) is 9.65. The fourth-order valence-corrected chi connectivity index (χ4v) is 2.99. The molecule has 1 atom stereocenters. The quantitative estimate of drug-likeness (QED) is 0.775. The molecule has 1 saturated carbocycles. The first-order valence-electron chi connectivity index (χ1n) is 6.30. The lowest BCUT2D eigenvalue weighted by Gasteiger charge is -2.27. The predicted octanol–water partition coefficient (Wildman–Crippen LogP) is 1.68. The number of rotatable bonds is 2. The molecule has 1 heterocycles. The van der Waals surface area contributed by atoms with Gasteiger partial charge in [-0.3, -0.25) is 4.79 Å². The van der Waals surface area contributed by atoms with Crippen LogP contribution in [-0.2, 0) is 4.79 Å². The Morgan fingerprint density at radius 3 is 2.31 bits per heavy atom. The van der Waals surface area contributed by atoms with Gasteiger partial charge in [0.05, 0.1) is 6.04 Å². The minimum absolute atomic E-state index is 0.179. The molecule has 0 bridgehead atoms. The van der Waals surface area contributed by atoms with Crippen LogP contribution >= 0.6 is 0 Å². The molecule has 0 radical (unpaired) electrons. The molecule has 1 unspecified atom stereocenters. The zero-order chi connectivity index (χ0) is 11.5. The molecule has 2 amide bonds. The van der Waals surface area contributed by atoms with E-state index in [1.807, 2.05) is 0 Å². The first-order chi connectivity index (χ1) is 7.70. The van der Waals surface area contributed by atoms with Crippen LogP contribution in [0.5, 0.6) is 0 Å². The van der Waals surface area contributed by atoms with Crippen LogP contribution in [0.15, 0.2) is 0 Å². The first-order valence-corrected chi connectivity index (χ1v) is 6.30. The zero-order valence-electron chi connectivity index (χ0n) is 9.65. The number of ketones is 1. The van der Waals surface area contributed by atoms with Gasteiger partial charge < -0.3 is 10.6 Å². The van der Waals surface area contributed by atoms with Crippen molar-refractivity contribution in [3.63, 3.8) is 0 Å². The van der Waals surface area contributed by atoms with Gasteiger partial charge in [-0.15, -0.1) is 0 Å². The number of nitrogens with zero attached hydrogens (tertiary/aromatic N) is 1. The number of nitrogens with two attached hydrogens (primary N) is 1. The molecule has 1 saturated heterocycles. The Morgan fingerprint density at radius 1 is 1.00 bits per heavy atom. The van der Waals surface area contributed by atoms with Crippen molar-refractivity contribution in [3.05, 3.63) is 0 Å².